The third kappa shape index (κ3) is 8.23. The van der Waals surface area contributed by atoms with Crippen molar-refractivity contribution in [2.45, 2.75) is 58.9 Å². The summed E-state index contributed by atoms with van der Waals surface area (Å²) in [6.07, 6.45) is 1.93. The van der Waals surface area contributed by atoms with E-state index >= 15 is 0 Å². The van der Waals surface area contributed by atoms with E-state index in [1.165, 1.54) is 16.7 Å². The van der Waals surface area contributed by atoms with Gasteiger partial charge in [-0.3, -0.25) is 9.59 Å². The van der Waals surface area contributed by atoms with Crippen LogP contribution in [0, 0.1) is 13.8 Å². The normalized spacial score (nSPS) is 11.8. The summed E-state index contributed by atoms with van der Waals surface area (Å²) in [5, 5.41) is 3.54. The second-order valence-corrected chi connectivity index (χ2v) is 9.32. The van der Waals surface area contributed by atoms with E-state index in [1.54, 1.807) is 29.7 Å². The van der Waals surface area contributed by atoms with Gasteiger partial charge in [0.25, 0.3) is 0 Å². The van der Waals surface area contributed by atoms with Crippen LogP contribution in [0.1, 0.15) is 48.9 Å². The van der Waals surface area contributed by atoms with E-state index < -0.39 is 6.04 Å². The van der Waals surface area contributed by atoms with Gasteiger partial charge < -0.3 is 10.2 Å². The Morgan fingerprint density at radius 2 is 1.81 bits per heavy atom. The smallest absolute Gasteiger partial charge is 0.242 e. The minimum Gasteiger partial charge on any atom is -0.354 e. The van der Waals surface area contributed by atoms with Gasteiger partial charge in [0, 0.05) is 23.9 Å². The molecule has 2 aromatic carbocycles. The number of unbranched alkanes of at least 4 members (excludes halogenated alkanes) is 1. The van der Waals surface area contributed by atoms with Gasteiger partial charge >= 0.3 is 0 Å². The molecule has 0 spiro atoms. The van der Waals surface area contributed by atoms with Crippen LogP contribution in [0.2, 0.25) is 5.02 Å². The predicted molar refractivity (Wildman–Crippen MR) is 131 cm³/mol. The molecule has 0 heterocycles. The van der Waals surface area contributed by atoms with Crippen molar-refractivity contribution >= 4 is 35.2 Å². The van der Waals surface area contributed by atoms with Gasteiger partial charge in [-0.05, 0) is 44.4 Å². The molecule has 1 atom stereocenters. The second kappa shape index (κ2) is 12.8. The van der Waals surface area contributed by atoms with E-state index in [0.717, 1.165) is 24.2 Å². The standard InChI is InChI=1S/C25H33ClN2O2S/c1-5-6-11-27-25(30)20(4)28(15-22-9-7-8-10-23(22)26)24(29)17-31-16-21-13-18(2)12-19(3)14-21/h7-10,12-14,20H,5-6,11,15-17H2,1-4H3,(H,27,30). The number of aryl methyl sites for hydroxylation is 2. The number of benzene rings is 2. The van der Waals surface area contributed by atoms with Crippen LogP contribution in [0.3, 0.4) is 0 Å². The molecule has 1 N–H and O–H groups in total. The Morgan fingerprint density at radius 1 is 1.13 bits per heavy atom. The number of carbonyl (C=O) groups excluding carboxylic acids is 2. The summed E-state index contributed by atoms with van der Waals surface area (Å²) in [6.45, 7) is 8.95. The van der Waals surface area contributed by atoms with Crippen LogP contribution in [0.15, 0.2) is 42.5 Å². The summed E-state index contributed by atoms with van der Waals surface area (Å²) >= 11 is 7.90. The third-order valence-corrected chi connectivity index (χ3v) is 6.43. The Labute approximate surface area is 195 Å². The molecule has 2 aromatic rings. The molecule has 0 radical (unpaired) electrons. The zero-order valence-electron chi connectivity index (χ0n) is 18.9. The average Bonchev–Trinajstić information content (AvgIpc) is 2.72. The van der Waals surface area contributed by atoms with Crippen molar-refractivity contribution in [3.63, 3.8) is 0 Å². The first kappa shape index (κ1) is 25.3. The first-order chi connectivity index (χ1) is 14.8. The van der Waals surface area contributed by atoms with Gasteiger partial charge in [-0.15, -0.1) is 11.8 Å². The minimum atomic E-state index is -0.567. The number of nitrogens with zero attached hydrogens (tertiary/aromatic N) is 1. The molecule has 2 rings (SSSR count). The topological polar surface area (TPSA) is 49.4 Å². The molecule has 2 amide bonds. The van der Waals surface area contributed by atoms with Crippen molar-refractivity contribution < 1.29 is 9.59 Å². The lowest BCUT2D eigenvalue weighted by Gasteiger charge is -2.29. The second-order valence-electron chi connectivity index (χ2n) is 7.92. The maximum Gasteiger partial charge on any atom is 0.242 e. The first-order valence-electron chi connectivity index (χ1n) is 10.8. The molecule has 0 aromatic heterocycles. The zero-order valence-corrected chi connectivity index (χ0v) is 20.5. The number of hydrogen-bond donors (Lipinski definition) is 1. The van der Waals surface area contributed by atoms with Gasteiger partial charge in [-0.1, -0.05) is 72.5 Å². The Morgan fingerprint density at radius 3 is 2.45 bits per heavy atom. The molecular formula is C25H33ClN2O2S. The molecule has 0 aliphatic carbocycles. The molecule has 0 fully saturated rings. The summed E-state index contributed by atoms with van der Waals surface area (Å²) in [5.74, 6) is 0.871. The molecule has 0 saturated heterocycles. The lowest BCUT2D eigenvalue weighted by Crippen LogP contribution is -2.48. The van der Waals surface area contributed by atoms with Gasteiger partial charge in [-0.25, -0.2) is 0 Å². The van der Waals surface area contributed by atoms with Gasteiger partial charge in [0.2, 0.25) is 11.8 Å². The monoisotopic (exact) mass is 460 g/mol. The van der Waals surface area contributed by atoms with Crippen LogP contribution in [0.25, 0.3) is 0 Å². The molecule has 6 heteroatoms. The number of thioether (sulfide) groups is 1. The molecule has 0 aliphatic heterocycles. The average molecular weight is 461 g/mol. The highest BCUT2D eigenvalue weighted by Gasteiger charge is 2.26. The molecule has 0 bridgehead atoms. The van der Waals surface area contributed by atoms with Crippen LogP contribution >= 0.6 is 23.4 Å². The van der Waals surface area contributed by atoms with Gasteiger partial charge in [-0.2, -0.15) is 0 Å². The molecule has 31 heavy (non-hydrogen) atoms. The van der Waals surface area contributed by atoms with Crippen LogP contribution in [0.4, 0.5) is 0 Å². The fraction of sp³-hybridized carbons (Fsp3) is 0.440. The Bertz CT molecular complexity index is 867. The van der Waals surface area contributed by atoms with Gasteiger partial charge in [0.05, 0.1) is 5.75 Å². The SMILES string of the molecule is CCCCNC(=O)C(C)N(Cc1ccccc1Cl)C(=O)CSCc1cc(C)cc(C)c1. The fourth-order valence-corrected chi connectivity index (χ4v) is 4.46. The first-order valence-corrected chi connectivity index (χ1v) is 12.3. The Hall–Kier alpha value is -1.98. The van der Waals surface area contributed by atoms with Crippen LogP contribution in [-0.2, 0) is 21.9 Å². The molecule has 0 saturated carbocycles. The van der Waals surface area contributed by atoms with E-state index in [9.17, 15) is 9.59 Å². The highest BCUT2D eigenvalue weighted by Crippen LogP contribution is 2.21. The lowest BCUT2D eigenvalue weighted by molar-refractivity contribution is -0.138. The van der Waals surface area contributed by atoms with Crippen molar-refractivity contribution in [3.05, 3.63) is 69.7 Å². The zero-order chi connectivity index (χ0) is 22.8. The van der Waals surface area contributed by atoms with Gasteiger partial charge in [0.15, 0.2) is 0 Å². The van der Waals surface area contributed by atoms with E-state index in [1.807, 2.05) is 18.2 Å². The van der Waals surface area contributed by atoms with E-state index in [2.05, 4.69) is 44.3 Å². The van der Waals surface area contributed by atoms with Crippen molar-refractivity contribution in [1.29, 1.82) is 0 Å². The quantitative estimate of drug-likeness (QED) is 0.449. The van der Waals surface area contributed by atoms with Gasteiger partial charge in [0.1, 0.15) is 6.04 Å². The number of rotatable bonds is 11. The van der Waals surface area contributed by atoms with E-state index in [4.69, 9.17) is 11.6 Å². The third-order valence-electron chi connectivity index (χ3n) is 5.07. The van der Waals surface area contributed by atoms with Crippen LogP contribution < -0.4 is 5.32 Å². The Kier molecular flexibility index (Phi) is 10.4. The van der Waals surface area contributed by atoms with Crippen molar-refractivity contribution in [1.82, 2.24) is 10.2 Å². The van der Waals surface area contributed by atoms with Crippen molar-refractivity contribution in [2.75, 3.05) is 12.3 Å². The summed E-state index contributed by atoms with van der Waals surface area (Å²) in [6, 6.07) is 13.3. The highest BCUT2D eigenvalue weighted by atomic mass is 35.5. The maximum atomic E-state index is 13.1. The minimum absolute atomic E-state index is 0.0626. The molecule has 1 unspecified atom stereocenters. The highest BCUT2D eigenvalue weighted by molar-refractivity contribution is 7.99. The lowest BCUT2D eigenvalue weighted by atomic mass is 10.1. The number of amides is 2. The van der Waals surface area contributed by atoms with Crippen molar-refractivity contribution in [3.8, 4) is 0 Å². The fourth-order valence-electron chi connectivity index (χ4n) is 3.42. The van der Waals surface area contributed by atoms with Crippen LogP contribution in [0.5, 0.6) is 0 Å². The number of halogens is 1. The largest absolute Gasteiger partial charge is 0.354 e. The summed E-state index contributed by atoms with van der Waals surface area (Å²) in [5.41, 5.74) is 4.49. The van der Waals surface area contributed by atoms with E-state index in [-0.39, 0.29) is 11.8 Å². The number of carbonyl (C=O) groups is 2. The number of nitrogens with one attached hydrogen (secondary N) is 1. The summed E-state index contributed by atoms with van der Waals surface area (Å²) in [7, 11) is 0. The van der Waals surface area contributed by atoms with Crippen molar-refractivity contribution in [2.24, 2.45) is 0 Å². The molecule has 0 aliphatic rings. The summed E-state index contributed by atoms with van der Waals surface area (Å²) in [4.78, 5) is 27.4. The van der Waals surface area contributed by atoms with Crippen LogP contribution in [-0.4, -0.2) is 35.1 Å². The number of hydrogen-bond acceptors (Lipinski definition) is 3. The van der Waals surface area contributed by atoms with E-state index in [0.29, 0.717) is 23.9 Å². The summed E-state index contributed by atoms with van der Waals surface area (Å²) < 4.78 is 0. The predicted octanol–water partition coefficient (Wildman–Crippen LogP) is 5.52. The molecular weight excluding hydrogens is 428 g/mol. The maximum absolute atomic E-state index is 13.1. The Balaban J connectivity index is 2.07. The molecule has 4 nitrogen and oxygen atoms in total. The molecule has 168 valence electrons.